The van der Waals surface area contributed by atoms with Gasteiger partial charge < -0.3 is 14.8 Å². The SMILES string of the molecule is CCCCCCCCCc1ccc(CCNC2CCC(C(=O)OCC)(C(=O)OCC)CC2)c(F)c1F. The molecule has 1 aliphatic carbocycles. The van der Waals surface area contributed by atoms with E-state index in [1.165, 1.54) is 25.7 Å². The summed E-state index contributed by atoms with van der Waals surface area (Å²) in [4.78, 5) is 25.1. The normalized spacial score (nSPS) is 15.6. The van der Waals surface area contributed by atoms with Gasteiger partial charge in [-0.1, -0.05) is 57.6 Å². The van der Waals surface area contributed by atoms with E-state index in [-0.39, 0.29) is 19.3 Å². The third-order valence-corrected chi connectivity index (χ3v) is 7.29. The number of nitrogens with one attached hydrogen (secondary N) is 1. The fourth-order valence-electron chi connectivity index (χ4n) is 5.04. The number of benzene rings is 1. The van der Waals surface area contributed by atoms with Crippen molar-refractivity contribution in [3.63, 3.8) is 0 Å². The van der Waals surface area contributed by atoms with Crippen LogP contribution in [0.4, 0.5) is 8.78 Å². The Bertz CT molecular complexity index is 802. The number of unbranched alkanes of at least 4 members (excludes halogenated alkanes) is 6. The molecule has 0 aliphatic heterocycles. The molecule has 1 aromatic carbocycles. The Hall–Kier alpha value is -2.02. The molecule has 0 spiro atoms. The highest BCUT2D eigenvalue weighted by Gasteiger charge is 2.50. The Kier molecular flexibility index (Phi) is 13.4. The van der Waals surface area contributed by atoms with E-state index < -0.39 is 29.0 Å². The molecule has 2 rings (SSSR count). The topological polar surface area (TPSA) is 64.6 Å². The van der Waals surface area contributed by atoms with Gasteiger partial charge in [0.25, 0.3) is 0 Å². The second kappa shape index (κ2) is 16.0. The smallest absolute Gasteiger partial charge is 0.323 e. The number of hydrogen-bond donors (Lipinski definition) is 1. The van der Waals surface area contributed by atoms with E-state index in [2.05, 4.69) is 12.2 Å². The van der Waals surface area contributed by atoms with Crippen molar-refractivity contribution in [1.82, 2.24) is 5.32 Å². The second-order valence-corrected chi connectivity index (χ2v) is 9.88. The van der Waals surface area contributed by atoms with Gasteiger partial charge in [-0.3, -0.25) is 9.59 Å². The van der Waals surface area contributed by atoms with Gasteiger partial charge in [0.05, 0.1) is 13.2 Å². The van der Waals surface area contributed by atoms with E-state index >= 15 is 0 Å². The van der Waals surface area contributed by atoms with Crippen LogP contribution in [0.15, 0.2) is 12.1 Å². The molecule has 1 saturated carbocycles. The molecule has 1 fully saturated rings. The average Bonchev–Trinajstić information content (AvgIpc) is 2.87. The number of aryl methyl sites for hydroxylation is 1. The van der Waals surface area contributed by atoms with Crippen LogP contribution in [-0.4, -0.2) is 37.7 Å². The van der Waals surface area contributed by atoms with Gasteiger partial charge in [-0.05, 0) is 76.5 Å². The summed E-state index contributed by atoms with van der Waals surface area (Å²) in [5.41, 5.74) is -0.420. The van der Waals surface area contributed by atoms with Gasteiger partial charge in [0, 0.05) is 6.04 Å². The second-order valence-electron chi connectivity index (χ2n) is 9.88. The number of ether oxygens (including phenoxy) is 2. The third-order valence-electron chi connectivity index (χ3n) is 7.29. The van der Waals surface area contributed by atoms with Gasteiger partial charge in [0.15, 0.2) is 17.0 Å². The van der Waals surface area contributed by atoms with Crippen molar-refractivity contribution in [2.75, 3.05) is 19.8 Å². The zero-order valence-electron chi connectivity index (χ0n) is 22.4. The molecular weight excluding hydrogens is 464 g/mol. The molecule has 0 heterocycles. The van der Waals surface area contributed by atoms with E-state index in [4.69, 9.17) is 9.47 Å². The van der Waals surface area contributed by atoms with Gasteiger partial charge in [-0.25, -0.2) is 8.78 Å². The number of carbonyl (C=O) groups is 2. The van der Waals surface area contributed by atoms with Crippen molar-refractivity contribution < 1.29 is 27.8 Å². The minimum absolute atomic E-state index is 0.0893. The maximum atomic E-state index is 14.7. The minimum Gasteiger partial charge on any atom is -0.465 e. The molecule has 204 valence electrons. The van der Waals surface area contributed by atoms with Crippen molar-refractivity contribution in [3.05, 3.63) is 34.9 Å². The standard InChI is InChI=1S/C29H45F2NO4/c1-4-7-8-9-10-11-12-13-22-14-15-23(26(31)25(22)30)18-21-32-24-16-19-29(20-17-24,27(33)35-5-2)28(34)36-6-3/h14-15,24,32H,4-13,16-21H2,1-3H3. The highest BCUT2D eigenvalue weighted by atomic mass is 19.2. The maximum Gasteiger partial charge on any atom is 0.323 e. The zero-order chi connectivity index (χ0) is 26.4. The molecule has 1 N–H and O–H groups in total. The van der Waals surface area contributed by atoms with E-state index in [0.717, 1.165) is 19.3 Å². The lowest BCUT2D eigenvalue weighted by Crippen LogP contribution is -2.48. The zero-order valence-corrected chi connectivity index (χ0v) is 22.4. The van der Waals surface area contributed by atoms with E-state index in [9.17, 15) is 18.4 Å². The molecule has 0 unspecified atom stereocenters. The highest BCUT2D eigenvalue weighted by molar-refractivity contribution is 6.00. The molecule has 1 aliphatic rings. The first kappa shape index (κ1) is 30.2. The van der Waals surface area contributed by atoms with Gasteiger partial charge in [0.1, 0.15) is 0 Å². The quantitative estimate of drug-likeness (QED) is 0.158. The van der Waals surface area contributed by atoms with Crippen LogP contribution in [0.3, 0.4) is 0 Å². The summed E-state index contributed by atoms with van der Waals surface area (Å²) in [7, 11) is 0. The van der Waals surface area contributed by atoms with Crippen molar-refractivity contribution >= 4 is 11.9 Å². The molecule has 7 heteroatoms. The number of halogens is 2. The summed E-state index contributed by atoms with van der Waals surface area (Å²) in [6, 6.07) is 3.51. The average molecular weight is 510 g/mol. The van der Waals surface area contributed by atoms with Crippen LogP contribution in [0.1, 0.15) is 103 Å². The molecular formula is C29H45F2NO4. The fraction of sp³-hybridized carbons (Fsp3) is 0.724. The van der Waals surface area contributed by atoms with Crippen LogP contribution in [-0.2, 0) is 31.9 Å². The van der Waals surface area contributed by atoms with Crippen molar-refractivity contribution in [1.29, 1.82) is 0 Å². The molecule has 0 amide bonds. The van der Waals surface area contributed by atoms with Crippen LogP contribution in [0.2, 0.25) is 0 Å². The largest absolute Gasteiger partial charge is 0.465 e. The molecule has 36 heavy (non-hydrogen) atoms. The summed E-state index contributed by atoms with van der Waals surface area (Å²) in [6.45, 7) is 6.54. The molecule has 0 bridgehead atoms. The number of esters is 2. The Balaban J connectivity index is 1.80. The lowest BCUT2D eigenvalue weighted by Gasteiger charge is -2.36. The monoisotopic (exact) mass is 509 g/mol. The third kappa shape index (κ3) is 8.53. The Morgan fingerprint density at radius 2 is 1.33 bits per heavy atom. The van der Waals surface area contributed by atoms with Gasteiger partial charge in [0.2, 0.25) is 0 Å². The summed E-state index contributed by atoms with van der Waals surface area (Å²) in [5, 5.41) is 3.38. The van der Waals surface area contributed by atoms with Crippen LogP contribution >= 0.6 is 0 Å². The Morgan fingerprint density at radius 1 is 0.833 bits per heavy atom. The molecule has 0 radical (unpaired) electrons. The van der Waals surface area contributed by atoms with Gasteiger partial charge in [-0.15, -0.1) is 0 Å². The number of carbonyl (C=O) groups excluding carboxylic acids is 2. The predicted molar refractivity (Wildman–Crippen MR) is 138 cm³/mol. The fourth-order valence-corrected chi connectivity index (χ4v) is 5.04. The first-order valence-electron chi connectivity index (χ1n) is 13.9. The van der Waals surface area contributed by atoms with Gasteiger partial charge in [-0.2, -0.15) is 0 Å². The van der Waals surface area contributed by atoms with Crippen LogP contribution in [0.5, 0.6) is 0 Å². The Morgan fingerprint density at radius 3 is 1.86 bits per heavy atom. The maximum absolute atomic E-state index is 14.7. The van der Waals surface area contributed by atoms with Crippen LogP contribution < -0.4 is 5.32 Å². The molecule has 0 atom stereocenters. The van der Waals surface area contributed by atoms with Crippen molar-refractivity contribution in [2.45, 2.75) is 110 Å². The van der Waals surface area contributed by atoms with Crippen LogP contribution in [0, 0.1) is 17.0 Å². The number of rotatable bonds is 16. The van der Waals surface area contributed by atoms with E-state index in [1.807, 2.05) is 0 Å². The molecule has 0 saturated heterocycles. The lowest BCUT2D eigenvalue weighted by atomic mass is 9.72. The first-order chi connectivity index (χ1) is 17.4. The van der Waals surface area contributed by atoms with Gasteiger partial charge >= 0.3 is 11.9 Å². The minimum atomic E-state index is -1.25. The summed E-state index contributed by atoms with van der Waals surface area (Å²) in [6.07, 6.45) is 10.9. The van der Waals surface area contributed by atoms with Crippen LogP contribution in [0.25, 0.3) is 0 Å². The predicted octanol–water partition coefficient (Wildman–Crippen LogP) is 6.45. The van der Waals surface area contributed by atoms with E-state index in [1.54, 1.807) is 26.0 Å². The molecule has 1 aromatic rings. The highest BCUT2D eigenvalue weighted by Crippen LogP contribution is 2.39. The summed E-state index contributed by atoms with van der Waals surface area (Å²) < 4.78 is 39.6. The van der Waals surface area contributed by atoms with Crippen molar-refractivity contribution in [3.8, 4) is 0 Å². The Labute approximate surface area is 215 Å². The molecule has 0 aromatic heterocycles. The van der Waals surface area contributed by atoms with E-state index in [0.29, 0.717) is 56.2 Å². The van der Waals surface area contributed by atoms with Crippen molar-refractivity contribution in [2.24, 2.45) is 5.41 Å². The lowest BCUT2D eigenvalue weighted by molar-refractivity contribution is -0.175. The summed E-state index contributed by atoms with van der Waals surface area (Å²) in [5.74, 6) is -2.50. The first-order valence-corrected chi connectivity index (χ1v) is 13.9. The summed E-state index contributed by atoms with van der Waals surface area (Å²) >= 11 is 0. The number of hydrogen-bond acceptors (Lipinski definition) is 5. The molecule has 5 nitrogen and oxygen atoms in total.